The number of nitrogens with zero attached hydrogens (tertiary/aromatic N) is 9. The standard InChI is InChI=1S/C18H19N11O2S/c1-10-4-6-12(7-5-10)11(2)21-23-17(30)14-13(8-32-18-24-20-9-28(18)3)29(27-22-14)16-15(19)25-31-26-16/h4-7,9H,8H2,1-3H3,(H2,19,25)(H,23,30)/b21-11-. The predicted molar refractivity (Wildman–Crippen MR) is 115 cm³/mol. The molecule has 0 bridgehead atoms. The number of aromatic nitrogens is 8. The van der Waals surface area contributed by atoms with E-state index in [0.29, 0.717) is 16.6 Å². The summed E-state index contributed by atoms with van der Waals surface area (Å²) in [6.45, 7) is 3.80. The van der Waals surface area contributed by atoms with Crippen molar-refractivity contribution in [2.45, 2.75) is 24.8 Å². The molecule has 0 radical (unpaired) electrons. The van der Waals surface area contributed by atoms with Crippen LogP contribution in [-0.4, -0.2) is 51.7 Å². The summed E-state index contributed by atoms with van der Waals surface area (Å²) in [7, 11) is 1.81. The van der Waals surface area contributed by atoms with E-state index in [-0.39, 0.29) is 23.1 Å². The molecule has 0 aliphatic carbocycles. The van der Waals surface area contributed by atoms with Gasteiger partial charge in [-0.05, 0) is 29.7 Å². The lowest BCUT2D eigenvalue weighted by atomic mass is 10.1. The van der Waals surface area contributed by atoms with Crippen LogP contribution in [0.1, 0.15) is 34.2 Å². The first-order chi connectivity index (χ1) is 15.4. The van der Waals surface area contributed by atoms with Gasteiger partial charge in [0.1, 0.15) is 6.33 Å². The van der Waals surface area contributed by atoms with E-state index in [1.165, 1.54) is 16.4 Å². The van der Waals surface area contributed by atoms with Gasteiger partial charge in [0, 0.05) is 12.8 Å². The van der Waals surface area contributed by atoms with Gasteiger partial charge in [0.25, 0.3) is 5.91 Å². The summed E-state index contributed by atoms with van der Waals surface area (Å²) in [6, 6.07) is 7.81. The van der Waals surface area contributed by atoms with Crippen LogP contribution in [0, 0.1) is 6.92 Å². The first-order valence-electron chi connectivity index (χ1n) is 9.35. The molecule has 0 aliphatic heterocycles. The maximum Gasteiger partial charge on any atom is 0.293 e. The van der Waals surface area contributed by atoms with Gasteiger partial charge in [0.15, 0.2) is 10.9 Å². The molecule has 14 heteroatoms. The summed E-state index contributed by atoms with van der Waals surface area (Å²) in [5.41, 5.74) is 11.5. The van der Waals surface area contributed by atoms with Gasteiger partial charge in [-0.2, -0.15) is 9.78 Å². The first-order valence-corrected chi connectivity index (χ1v) is 10.3. The Morgan fingerprint density at radius 3 is 2.69 bits per heavy atom. The number of nitrogens with two attached hydrogens (primary N) is 1. The molecule has 0 unspecified atom stereocenters. The zero-order valence-corrected chi connectivity index (χ0v) is 18.2. The van der Waals surface area contributed by atoms with E-state index in [1.54, 1.807) is 17.8 Å². The second-order valence-corrected chi connectivity index (χ2v) is 7.73. The summed E-state index contributed by atoms with van der Waals surface area (Å²) in [5.74, 6) is -0.120. The maximum absolute atomic E-state index is 12.9. The number of nitrogen functional groups attached to an aromatic ring is 1. The van der Waals surface area contributed by atoms with E-state index in [1.807, 2.05) is 38.2 Å². The van der Waals surface area contributed by atoms with Crippen LogP contribution in [0.5, 0.6) is 0 Å². The second kappa shape index (κ2) is 8.97. The van der Waals surface area contributed by atoms with Gasteiger partial charge in [-0.1, -0.05) is 46.8 Å². The SMILES string of the molecule is C/C(=N/NC(=O)c1nnn(-c2nonc2N)c1CSc1nncn1C)c1ccc(C)cc1. The quantitative estimate of drug-likeness (QED) is 0.235. The topological polar surface area (TPSA) is 168 Å². The summed E-state index contributed by atoms with van der Waals surface area (Å²) >= 11 is 1.34. The van der Waals surface area contributed by atoms with E-state index in [4.69, 9.17) is 5.73 Å². The van der Waals surface area contributed by atoms with E-state index >= 15 is 0 Å². The van der Waals surface area contributed by atoms with Crippen molar-refractivity contribution in [3.63, 3.8) is 0 Å². The van der Waals surface area contributed by atoms with Crippen LogP contribution in [0.25, 0.3) is 5.82 Å². The average Bonchev–Trinajstić information content (AvgIpc) is 3.50. The Morgan fingerprint density at radius 1 is 1.25 bits per heavy atom. The Labute approximate surface area is 186 Å². The maximum atomic E-state index is 12.9. The number of thioether (sulfide) groups is 1. The first kappa shape index (κ1) is 21.2. The number of hydrogen-bond donors (Lipinski definition) is 2. The number of carbonyl (C=O) groups excluding carboxylic acids is 1. The zero-order valence-electron chi connectivity index (χ0n) is 17.4. The highest BCUT2D eigenvalue weighted by molar-refractivity contribution is 7.98. The van der Waals surface area contributed by atoms with Gasteiger partial charge >= 0.3 is 0 Å². The van der Waals surface area contributed by atoms with Crippen molar-refractivity contribution in [2.24, 2.45) is 12.1 Å². The third-order valence-corrected chi connectivity index (χ3v) is 5.52. The van der Waals surface area contributed by atoms with Crippen molar-refractivity contribution >= 4 is 29.2 Å². The van der Waals surface area contributed by atoms with Crippen molar-refractivity contribution in [1.82, 2.24) is 45.5 Å². The van der Waals surface area contributed by atoms with Crippen LogP contribution in [-0.2, 0) is 12.8 Å². The molecule has 32 heavy (non-hydrogen) atoms. The molecule has 3 N–H and O–H groups in total. The number of benzene rings is 1. The molecule has 3 aromatic heterocycles. The monoisotopic (exact) mass is 453 g/mol. The zero-order chi connectivity index (χ0) is 22.7. The molecule has 3 heterocycles. The highest BCUT2D eigenvalue weighted by Gasteiger charge is 2.24. The van der Waals surface area contributed by atoms with E-state index in [0.717, 1.165) is 11.1 Å². The van der Waals surface area contributed by atoms with Crippen LogP contribution in [0.4, 0.5) is 5.82 Å². The van der Waals surface area contributed by atoms with Gasteiger partial charge < -0.3 is 10.3 Å². The smallest absolute Gasteiger partial charge is 0.293 e. The van der Waals surface area contributed by atoms with Gasteiger partial charge in [-0.3, -0.25) is 4.79 Å². The van der Waals surface area contributed by atoms with Crippen molar-refractivity contribution in [3.05, 3.63) is 53.1 Å². The molecule has 4 rings (SSSR count). The number of carbonyl (C=O) groups is 1. The molecule has 0 saturated carbocycles. The van der Waals surface area contributed by atoms with E-state index in [9.17, 15) is 4.79 Å². The minimum absolute atomic E-state index is 0.0139. The number of hydrogen-bond acceptors (Lipinski definition) is 11. The lowest BCUT2D eigenvalue weighted by Crippen LogP contribution is -2.21. The highest BCUT2D eigenvalue weighted by atomic mass is 32.2. The van der Waals surface area contributed by atoms with Crippen LogP contribution in [0.15, 0.2) is 45.5 Å². The molecule has 164 valence electrons. The summed E-state index contributed by atoms with van der Waals surface area (Å²) < 4.78 is 7.72. The number of amides is 1. The molecular formula is C18H19N11O2S. The van der Waals surface area contributed by atoms with Crippen LogP contribution in [0.2, 0.25) is 0 Å². The fourth-order valence-electron chi connectivity index (χ4n) is 2.70. The van der Waals surface area contributed by atoms with Crippen LogP contribution in [0.3, 0.4) is 0 Å². The Morgan fingerprint density at radius 2 is 2.03 bits per heavy atom. The molecule has 0 spiro atoms. The van der Waals surface area contributed by atoms with Crippen molar-refractivity contribution < 1.29 is 9.42 Å². The Bertz CT molecular complexity index is 1270. The third-order valence-electron chi connectivity index (χ3n) is 4.48. The van der Waals surface area contributed by atoms with Crippen molar-refractivity contribution in [2.75, 3.05) is 5.73 Å². The number of hydrazone groups is 1. The lowest BCUT2D eigenvalue weighted by Gasteiger charge is -2.06. The molecule has 1 aromatic carbocycles. The molecule has 1 amide bonds. The third kappa shape index (κ3) is 4.34. The normalized spacial score (nSPS) is 11.7. The molecule has 0 atom stereocenters. The summed E-state index contributed by atoms with van der Waals surface area (Å²) in [4.78, 5) is 12.9. The largest absolute Gasteiger partial charge is 0.378 e. The number of aryl methyl sites for hydroxylation is 2. The fraction of sp³-hybridized carbons (Fsp3) is 0.222. The molecular weight excluding hydrogens is 434 g/mol. The minimum atomic E-state index is -0.536. The van der Waals surface area contributed by atoms with E-state index < -0.39 is 5.91 Å². The van der Waals surface area contributed by atoms with Crippen LogP contribution >= 0.6 is 11.8 Å². The number of rotatable bonds is 7. The highest BCUT2D eigenvalue weighted by Crippen LogP contribution is 2.24. The Hall–Kier alpha value is -4.07. The van der Waals surface area contributed by atoms with Crippen molar-refractivity contribution in [3.8, 4) is 5.82 Å². The molecule has 0 fully saturated rings. The predicted octanol–water partition coefficient (Wildman–Crippen LogP) is 1.12. The molecule has 0 aliphatic rings. The minimum Gasteiger partial charge on any atom is -0.378 e. The second-order valence-electron chi connectivity index (χ2n) is 6.79. The van der Waals surface area contributed by atoms with Crippen molar-refractivity contribution in [1.29, 1.82) is 0 Å². The van der Waals surface area contributed by atoms with Gasteiger partial charge in [-0.25, -0.2) is 10.1 Å². The average molecular weight is 453 g/mol. The number of anilines is 1. The van der Waals surface area contributed by atoms with E-state index in [2.05, 4.69) is 46.0 Å². The summed E-state index contributed by atoms with van der Waals surface area (Å²) in [6.07, 6.45) is 1.58. The number of nitrogens with one attached hydrogen (secondary N) is 1. The van der Waals surface area contributed by atoms with Crippen LogP contribution < -0.4 is 11.2 Å². The molecule has 0 saturated heterocycles. The van der Waals surface area contributed by atoms with Gasteiger partial charge in [0.2, 0.25) is 11.6 Å². The fourth-order valence-corrected chi connectivity index (χ4v) is 3.58. The lowest BCUT2D eigenvalue weighted by molar-refractivity contribution is 0.0949. The molecule has 13 nitrogen and oxygen atoms in total. The molecule has 4 aromatic rings. The van der Waals surface area contributed by atoms with Gasteiger partial charge in [0.05, 0.1) is 11.4 Å². The Kier molecular flexibility index (Phi) is 5.93. The Balaban J connectivity index is 1.60. The van der Waals surface area contributed by atoms with Gasteiger partial charge in [-0.15, -0.1) is 15.3 Å². The summed E-state index contributed by atoms with van der Waals surface area (Å²) in [5, 5.41) is 28.0.